The number of ether oxygens (including phenoxy) is 3. The average molecular weight is 275 g/mol. The maximum Gasteiger partial charge on any atom is 0.320 e. The summed E-state index contributed by atoms with van der Waals surface area (Å²) >= 11 is 0. The highest BCUT2D eigenvalue weighted by atomic mass is 16.5. The normalized spacial score (nSPS) is 16.5. The molecule has 0 aromatic rings. The molecule has 19 heavy (non-hydrogen) atoms. The van der Waals surface area contributed by atoms with Crippen LogP contribution in [0.5, 0.6) is 0 Å². The SMILES string of the molecule is COCCCOCCOCCC(NC1CC1)C(=O)O. The smallest absolute Gasteiger partial charge is 0.320 e. The van der Waals surface area contributed by atoms with Crippen LogP contribution in [0.15, 0.2) is 0 Å². The third-order valence-corrected chi connectivity index (χ3v) is 2.87. The van der Waals surface area contributed by atoms with Gasteiger partial charge in [-0.15, -0.1) is 0 Å². The minimum absolute atomic E-state index is 0.394. The largest absolute Gasteiger partial charge is 0.480 e. The van der Waals surface area contributed by atoms with Crippen molar-refractivity contribution in [3.63, 3.8) is 0 Å². The average Bonchev–Trinajstić information content (AvgIpc) is 3.19. The Morgan fingerprint density at radius 3 is 2.47 bits per heavy atom. The van der Waals surface area contributed by atoms with Crippen LogP contribution in [-0.2, 0) is 19.0 Å². The van der Waals surface area contributed by atoms with Crippen LogP contribution in [0.3, 0.4) is 0 Å². The van der Waals surface area contributed by atoms with Crippen LogP contribution in [0.1, 0.15) is 25.7 Å². The Morgan fingerprint density at radius 2 is 1.89 bits per heavy atom. The van der Waals surface area contributed by atoms with Crippen molar-refractivity contribution in [2.45, 2.75) is 37.8 Å². The van der Waals surface area contributed by atoms with Crippen molar-refractivity contribution < 1.29 is 24.1 Å². The minimum atomic E-state index is -0.800. The van der Waals surface area contributed by atoms with E-state index >= 15 is 0 Å². The molecule has 2 N–H and O–H groups in total. The lowest BCUT2D eigenvalue weighted by Gasteiger charge is -2.13. The van der Waals surface area contributed by atoms with Gasteiger partial charge in [0.05, 0.1) is 13.2 Å². The molecule has 1 aliphatic carbocycles. The lowest BCUT2D eigenvalue weighted by molar-refractivity contribution is -0.140. The maximum atomic E-state index is 11.0. The van der Waals surface area contributed by atoms with Gasteiger partial charge in [0.25, 0.3) is 0 Å². The summed E-state index contributed by atoms with van der Waals surface area (Å²) in [5.41, 5.74) is 0. The van der Waals surface area contributed by atoms with Gasteiger partial charge in [-0.2, -0.15) is 0 Å². The topological polar surface area (TPSA) is 77.0 Å². The Morgan fingerprint density at radius 1 is 1.21 bits per heavy atom. The molecule has 6 nitrogen and oxygen atoms in total. The molecule has 0 radical (unpaired) electrons. The van der Waals surface area contributed by atoms with Crippen molar-refractivity contribution in [2.24, 2.45) is 0 Å². The van der Waals surface area contributed by atoms with E-state index in [1.807, 2.05) is 0 Å². The first-order valence-corrected chi connectivity index (χ1v) is 6.87. The molecule has 0 aromatic heterocycles. The quantitative estimate of drug-likeness (QED) is 0.481. The van der Waals surface area contributed by atoms with E-state index in [1.165, 1.54) is 0 Å². The van der Waals surface area contributed by atoms with Gasteiger partial charge in [0.2, 0.25) is 0 Å². The van der Waals surface area contributed by atoms with Gasteiger partial charge in [-0.1, -0.05) is 0 Å². The molecule has 6 heteroatoms. The summed E-state index contributed by atoms with van der Waals surface area (Å²) in [6.07, 6.45) is 3.54. The lowest BCUT2D eigenvalue weighted by Crippen LogP contribution is -2.39. The van der Waals surface area contributed by atoms with Gasteiger partial charge in [-0.3, -0.25) is 4.79 Å². The highest BCUT2D eigenvalue weighted by molar-refractivity contribution is 5.73. The zero-order valence-electron chi connectivity index (χ0n) is 11.6. The number of methoxy groups -OCH3 is 1. The van der Waals surface area contributed by atoms with Crippen LogP contribution in [0, 0.1) is 0 Å². The molecule has 1 saturated carbocycles. The number of hydrogen-bond acceptors (Lipinski definition) is 5. The molecule has 112 valence electrons. The van der Waals surface area contributed by atoms with Crippen molar-refractivity contribution in [3.05, 3.63) is 0 Å². The highest BCUT2D eigenvalue weighted by Crippen LogP contribution is 2.19. The number of hydrogen-bond donors (Lipinski definition) is 2. The summed E-state index contributed by atoms with van der Waals surface area (Å²) in [4.78, 5) is 11.0. The first-order valence-electron chi connectivity index (χ1n) is 6.87. The van der Waals surface area contributed by atoms with Crippen molar-refractivity contribution in [1.29, 1.82) is 0 Å². The number of nitrogens with one attached hydrogen (secondary N) is 1. The predicted molar refractivity (Wildman–Crippen MR) is 70.3 cm³/mol. The Hall–Kier alpha value is -0.690. The van der Waals surface area contributed by atoms with Crippen molar-refractivity contribution in [1.82, 2.24) is 5.32 Å². The molecule has 0 heterocycles. The van der Waals surface area contributed by atoms with Crippen LogP contribution in [0.2, 0.25) is 0 Å². The number of rotatable bonds is 13. The maximum absolute atomic E-state index is 11.0. The molecule has 0 aromatic carbocycles. The molecular weight excluding hydrogens is 250 g/mol. The summed E-state index contributed by atoms with van der Waals surface area (Å²) in [5.74, 6) is -0.800. The van der Waals surface area contributed by atoms with Gasteiger partial charge in [0.1, 0.15) is 6.04 Å². The fraction of sp³-hybridized carbons (Fsp3) is 0.923. The molecule has 0 aliphatic heterocycles. The summed E-state index contributed by atoms with van der Waals surface area (Å²) in [5, 5.41) is 12.1. The van der Waals surface area contributed by atoms with Crippen LogP contribution >= 0.6 is 0 Å². The molecule has 0 spiro atoms. The van der Waals surface area contributed by atoms with E-state index < -0.39 is 12.0 Å². The predicted octanol–water partition coefficient (Wildman–Crippen LogP) is 0.651. The van der Waals surface area contributed by atoms with E-state index in [1.54, 1.807) is 7.11 Å². The van der Waals surface area contributed by atoms with E-state index in [4.69, 9.17) is 19.3 Å². The first kappa shape index (κ1) is 16.4. The first-order chi connectivity index (χ1) is 9.24. The van der Waals surface area contributed by atoms with Crippen LogP contribution < -0.4 is 5.32 Å². The highest BCUT2D eigenvalue weighted by Gasteiger charge is 2.27. The molecule has 0 saturated heterocycles. The Balaban J connectivity index is 1.89. The van der Waals surface area contributed by atoms with E-state index in [-0.39, 0.29) is 0 Å². The molecule has 1 unspecified atom stereocenters. The Labute approximate surface area is 114 Å². The Kier molecular flexibility index (Phi) is 8.73. The van der Waals surface area contributed by atoms with Crippen LogP contribution in [0.25, 0.3) is 0 Å². The standard InChI is InChI=1S/C13H25NO5/c1-17-6-2-7-18-9-10-19-8-5-12(13(15)16)14-11-3-4-11/h11-12,14H,2-10H2,1H3,(H,15,16). The minimum Gasteiger partial charge on any atom is -0.480 e. The van der Waals surface area contributed by atoms with Crippen LogP contribution in [-0.4, -0.2) is 63.3 Å². The van der Waals surface area contributed by atoms with Crippen molar-refractivity contribution in [3.8, 4) is 0 Å². The molecule has 1 rings (SSSR count). The van der Waals surface area contributed by atoms with E-state index in [2.05, 4.69) is 5.32 Å². The second-order valence-electron chi connectivity index (χ2n) is 4.69. The molecule has 1 fully saturated rings. The molecule has 1 atom stereocenters. The summed E-state index contributed by atoms with van der Waals surface area (Å²) in [7, 11) is 1.66. The number of carbonyl (C=O) groups is 1. The zero-order valence-corrected chi connectivity index (χ0v) is 11.6. The van der Waals surface area contributed by atoms with Crippen molar-refractivity contribution in [2.75, 3.05) is 40.1 Å². The van der Waals surface area contributed by atoms with Crippen molar-refractivity contribution >= 4 is 5.97 Å². The monoisotopic (exact) mass is 275 g/mol. The van der Waals surface area contributed by atoms with E-state index in [9.17, 15) is 4.79 Å². The lowest BCUT2D eigenvalue weighted by atomic mass is 10.2. The number of carboxylic acids is 1. The van der Waals surface area contributed by atoms with Gasteiger partial charge < -0.3 is 24.6 Å². The second kappa shape index (κ2) is 10.1. The zero-order chi connectivity index (χ0) is 13.9. The van der Waals surface area contributed by atoms with Gasteiger partial charge in [0.15, 0.2) is 0 Å². The Bertz CT molecular complexity index is 245. The van der Waals surface area contributed by atoms with Crippen LogP contribution in [0.4, 0.5) is 0 Å². The number of carboxylic acid groups (broad SMARTS) is 1. The molecular formula is C13H25NO5. The summed E-state index contributed by atoms with van der Waals surface area (Å²) in [6.45, 7) is 2.85. The van der Waals surface area contributed by atoms with E-state index in [0.717, 1.165) is 19.3 Å². The van der Waals surface area contributed by atoms with Gasteiger partial charge >= 0.3 is 5.97 Å². The summed E-state index contributed by atoms with van der Waals surface area (Å²) in [6, 6.07) is -0.0969. The third-order valence-electron chi connectivity index (χ3n) is 2.87. The second-order valence-corrected chi connectivity index (χ2v) is 4.69. The summed E-state index contributed by atoms with van der Waals surface area (Å²) < 4.78 is 15.6. The molecule has 0 bridgehead atoms. The third kappa shape index (κ3) is 8.93. The molecule has 0 amide bonds. The number of aliphatic carboxylic acids is 1. The molecule has 1 aliphatic rings. The van der Waals surface area contributed by atoms with Gasteiger partial charge in [-0.05, 0) is 25.7 Å². The van der Waals surface area contributed by atoms with Gasteiger partial charge in [-0.25, -0.2) is 0 Å². The fourth-order valence-corrected chi connectivity index (χ4v) is 1.64. The van der Waals surface area contributed by atoms with E-state index in [0.29, 0.717) is 45.5 Å². The van der Waals surface area contributed by atoms with Gasteiger partial charge in [0, 0.05) is 33.0 Å². The fourth-order valence-electron chi connectivity index (χ4n) is 1.64.